The monoisotopic (exact) mass is 470 g/mol. The maximum absolute atomic E-state index is 12.9. The van der Waals surface area contributed by atoms with Crippen molar-refractivity contribution in [1.82, 2.24) is 14.8 Å². The van der Waals surface area contributed by atoms with Crippen LogP contribution in [0, 0.1) is 6.92 Å². The summed E-state index contributed by atoms with van der Waals surface area (Å²) in [7, 11) is 1.62. The molecule has 180 valence electrons. The molecule has 1 aromatic heterocycles. The number of aromatic nitrogens is 3. The molecule has 0 bridgehead atoms. The smallest absolute Gasteiger partial charge is 0.336 e. The van der Waals surface area contributed by atoms with Crippen molar-refractivity contribution in [2.75, 3.05) is 25.6 Å². The average Bonchev–Trinajstić information content (AvgIpc) is 3.30. The summed E-state index contributed by atoms with van der Waals surface area (Å²) in [6, 6.07) is 25.7. The minimum atomic E-state index is -0.203. The van der Waals surface area contributed by atoms with Gasteiger partial charge in [0.25, 0.3) is 0 Å². The number of ether oxygens (including phenoxy) is 2. The molecule has 0 fully saturated rings. The molecule has 7 heteroatoms. The van der Waals surface area contributed by atoms with Crippen LogP contribution in [-0.4, -0.2) is 41.0 Å². The van der Waals surface area contributed by atoms with Gasteiger partial charge in [-0.25, -0.2) is 4.68 Å². The summed E-state index contributed by atoms with van der Waals surface area (Å²) in [5.74, 6) is 0.453. The minimum Gasteiger partial charge on any atom is -0.460 e. The van der Waals surface area contributed by atoms with Gasteiger partial charge in [0.05, 0.1) is 18.2 Å². The summed E-state index contributed by atoms with van der Waals surface area (Å²) >= 11 is 0. The first kappa shape index (κ1) is 24.2. The SMILES string of the molecule is CCC(C(=O)Nc1ccc(-n2nc(OCCOC)nc2-c2ccccc2C)cc1)c1ccccc1. The number of methoxy groups -OCH3 is 1. The maximum Gasteiger partial charge on any atom is 0.336 e. The summed E-state index contributed by atoms with van der Waals surface area (Å²) in [4.78, 5) is 17.6. The Labute approximate surface area is 205 Å². The van der Waals surface area contributed by atoms with E-state index in [9.17, 15) is 4.79 Å². The fourth-order valence-electron chi connectivity index (χ4n) is 3.92. The van der Waals surface area contributed by atoms with Gasteiger partial charge >= 0.3 is 6.01 Å². The summed E-state index contributed by atoms with van der Waals surface area (Å²) in [6.45, 7) is 4.86. The number of hydrogen-bond acceptors (Lipinski definition) is 5. The van der Waals surface area contributed by atoms with E-state index in [0.717, 1.165) is 34.5 Å². The molecule has 1 unspecified atom stereocenters. The first-order chi connectivity index (χ1) is 17.1. The van der Waals surface area contributed by atoms with E-state index in [1.54, 1.807) is 11.8 Å². The highest BCUT2D eigenvalue weighted by Crippen LogP contribution is 2.27. The first-order valence-electron chi connectivity index (χ1n) is 11.7. The highest BCUT2D eigenvalue weighted by atomic mass is 16.5. The van der Waals surface area contributed by atoms with Crippen molar-refractivity contribution < 1.29 is 14.3 Å². The molecule has 0 saturated heterocycles. The molecule has 4 rings (SSSR count). The minimum absolute atomic E-state index is 0.0263. The molecule has 4 aromatic rings. The molecule has 1 atom stereocenters. The number of carbonyl (C=O) groups is 1. The Bertz CT molecular complexity index is 1250. The number of nitrogens with one attached hydrogen (secondary N) is 1. The second kappa shape index (κ2) is 11.4. The predicted octanol–water partition coefficient (Wildman–Crippen LogP) is 5.40. The highest BCUT2D eigenvalue weighted by molar-refractivity contribution is 5.95. The number of hydrogen-bond donors (Lipinski definition) is 1. The molecule has 3 aromatic carbocycles. The van der Waals surface area contributed by atoms with Crippen LogP contribution in [0.2, 0.25) is 0 Å². The molecular formula is C28H30N4O3. The summed E-state index contributed by atoms with van der Waals surface area (Å²) in [6.07, 6.45) is 0.721. The predicted molar refractivity (Wildman–Crippen MR) is 137 cm³/mol. The topological polar surface area (TPSA) is 78.3 Å². The van der Waals surface area contributed by atoms with Gasteiger partial charge < -0.3 is 14.8 Å². The van der Waals surface area contributed by atoms with Crippen molar-refractivity contribution in [3.05, 3.63) is 90.0 Å². The van der Waals surface area contributed by atoms with Crippen molar-refractivity contribution >= 4 is 11.6 Å². The van der Waals surface area contributed by atoms with Crippen LogP contribution in [0.1, 0.15) is 30.4 Å². The molecule has 0 aliphatic rings. The van der Waals surface area contributed by atoms with Gasteiger partial charge in [-0.1, -0.05) is 61.5 Å². The molecule has 0 radical (unpaired) electrons. The van der Waals surface area contributed by atoms with Crippen LogP contribution >= 0.6 is 0 Å². The Balaban J connectivity index is 1.58. The van der Waals surface area contributed by atoms with Crippen molar-refractivity contribution in [1.29, 1.82) is 0 Å². The van der Waals surface area contributed by atoms with E-state index in [4.69, 9.17) is 9.47 Å². The van der Waals surface area contributed by atoms with Gasteiger partial charge in [-0.15, -0.1) is 5.10 Å². The molecule has 0 aliphatic carbocycles. The average molecular weight is 471 g/mol. The third-order valence-corrected chi connectivity index (χ3v) is 5.80. The molecular weight excluding hydrogens is 440 g/mol. The summed E-state index contributed by atoms with van der Waals surface area (Å²) in [5.41, 5.74) is 4.59. The van der Waals surface area contributed by atoms with Crippen molar-refractivity contribution in [3.63, 3.8) is 0 Å². The summed E-state index contributed by atoms with van der Waals surface area (Å²) in [5, 5.41) is 7.62. The number of aryl methyl sites for hydroxylation is 1. The Morgan fingerprint density at radius 3 is 2.37 bits per heavy atom. The van der Waals surface area contributed by atoms with E-state index in [-0.39, 0.29) is 17.8 Å². The molecule has 1 amide bonds. The van der Waals surface area contributed by atoms with E-state index in [0.29, 0.717) is 19.0 Å². The number of amides is 1. The lowest BCUT2D eigenvalue weighted by atomic mass is 9.95. The van der Waals surface area contributed by atoms with Crippen molar-refractivity contribution in [3.8, 4) is 23.1 Å². The van der Waals surface area contributed by atoms with Gasteiger partial charge in [0.15, 0.2) is 5.82 Å². The van der Waals surface area contributed by atoms with Crippen LogP contribution in [0.5, 0.6) is 6.01 Å². The lowest BCUT2D eigenvalue weighted by Gasteiger charge is -2.16. The number of nitrogens with zero attached hydrogens (tertiary/aromatic N) is 3. The molecule has 0 saturated carbocycles. The maximum atomic E-state index is 12.9. The fraction of sp³-hybridized carbons (Fsp3) is 0.250. The third kappa shape index (κ3) is 5.75. The number of rotatable bonds is 10. The first-order valence-corrected chi connectivity index (χ1v) is 11.7. The molecule has 1 N–H and O–H groups in total. The lowest BCUT2D eigenvalue weighted by Crippen LogP contribution is -2.20. The fourth-order valence-corrected chi connectivity index (χ4v) is 3.92. The molecule has 1 heterocycles. The van der Waals surface area contributed by atoms with Crippen LogP contribution in [0.25, 0.3) is 17.1 Å². The van der Waals surface area contributed by atoms with Crippen LogP contribution in [0.3, 0.4) is 0 Å². The van der Waals surface area contributed by atoms with E-state index < -0.39 is 0 Å². The van der Waals surface area contributed by atoms with Gasteiger partial charge in [0, 0.05) is 18.4 Å². The zero-order chi connectivity index (χ0) is 24.6. The van der Waals surface area contributed by atoms with Gasteiger partial charge in [-0.05, 0) is 48.7 Å². The highest BCUT2D eigenvalue weighted by Gasteiger charge is 2.19. The lowest BCUT2D eigenvalue weighted by molar-refractivity contribution is -0.117. The van der Waals surface area contributed by atoms with Gasteiger partial charge in [-0.3, -0.25) is 4.79 Å². The Morgan fingerprint density at radius 2 is 1.69 bits per heavy atom. The zero-order valence-electron chi connectivity index (χ0n) is 20.3. The third-order valence-electron chi connectivity index (χ3n) is 5.80. The molecule has 7 nitrogen and oxygen atoms in total. The van der Waals surface area contributed by atoms with Crippen molar-refractivity contribution in [2.24, 2.45) is 0 Å². The second-order valence-corrected chi connectivity index (χ2v) is 8.19. The molecule has 35 heavy (non-hydrogen) atoms. The number of anilines is 1. The van der Waals surface area contributed by atoms with Crippen LogP contribution in [0.15, 0.2) is 78.9 Å². The van der Waals surface area contributed by atoms with Gasteiger partial charge in [-0.2, -0.15) is 4.98 Å². The van der Waals surface area contributed by atoms with Crippen LogP contribution < -0.4 is 10.1 Å². The van der Waals surface area contributed by atoms with Gasteiger partial charge in [0.2, 0.25) is 5.91 Å². The van der Waals surface area contributed by atoms with Crippen molar-refractivity contribution in [2.45, 2.75) is 26.2 Å². The van der Waals surface area contributed by atoms with E-state index in [1.807, 2.05) is 92.7 Å². The standard InChI is InChI=1S/C28H30N4O3/c1-4-24(21-11-6-5-7-12-21)27(33)29-22-14-16-23(17-15-22)32-26(25-13-9-8-10-20(25)2)30-28(31-32)35-19-18-34-3/h5-17,24H,4,18-19H2,1-3H3,(H,29,33). The zero-order valence-corrected chi connectivity index (χ0v) is 20.3. The van der Waals surface area contributed by atoms with Crippen LogP contribution in [-0.2, 0) is 9.53 Å². The Kier molecular flexibility index (Phi) is 7.90. The molecule has 0 spiro atoms. The molecule has 0 aliphatic heterocycles. The number of benzene rings is 3. The normalized spacial score (nSPS) is 11.7. The Hall–Kier alpha value is -3.97. The van der Waals surface area contributed by atoms with E-state index in [2.05, 4.69) is 15.4 Å². The van der Waals surface area contributed by atoms with E-state index in [1.165, 1.54) is 0 Å². The summed E-state index contributed by atoms with van der Waals surface area (Å²) < 4.78 is 12.5. The second-order valence-electron chi connectivity index (χ2n) is 8.19. The van der Waals surface area contributed by atoms with Gasteiger partial charge in [0.1, 0.15) is 6.61 Å². The Morgan fingerprint density at radius 1 is 0.971 bits per heavy atom. The van der Waals surface area contributed by atoms with Crippen LogP contribution in [0.4, 0.5) is 5.69 Å². The van der Waals surface area contributed by atoms with E-state index >= 15 is 0 Å². The number of carbonyl (C=O) groups excluding carboxylic acids is 1. The quantitative estimate of drug-likeness (QED) is 0.314. The largest absolute Gasteiger partial charge is 0.460 e.